The highest BCUT2D eigenvalue weighted by Gasteiger charge is 2.19. The molecule has 6 heteroatoms. The Labute approximate surface area is 100 Å². The molecule has 1 unspecified atom stereocenters. The number of halogens is 3. The molecular formula is C10H11BrF2N2O. The van der Waals surface area contributed by atoms with Crippen LogP contribution in [0.2, 0.25) is 0 Å². The van der Waals surface area contributed by atoms with Crippen LogP contribution >= 0.6 is 15.9 Å². The summed E-state index contributed by atoms with van der Waals surface area (Å²) in [5, 5.41) is 2.39. The maximum absolute atomic E-state index is 13.4. The molecule has 1 aromatic carbocycles. The van der Waals surface area contributed by atoms with E-state index in [0.29, 0.717) is 0 Å². The first kappa shape index (κ1) is 13.1. The Morgan fingerprint density at radius 1 is 1.50 bits per heavy atom. The third kappa shape index (κ3) is 2.99. The smallest absolute Gasteiger partial charge is 0.257 e. The zero-order valence-corrected chi connectivity index (χ0v) is 10.1. The van der Waals surface area contributed by atoms with E-state index >= 15 is 0 Å². The molecule has 1 aromatic rings. The van der Waals surface area contributed by atoms with Crippen LogP contribution in [0.5, 0.6) is 0 Å². The molecule has 0 fully saturated rings. The lowest BCUT2D eigenvalue weighted by Gasteiger charge is -2.12. The average molecular weight is 293 g/mol. The van der Waals surface area contributed by atoms with Gasteiger partial charge in [-0.1, -0.05) is 15.9 Å². The van der Waals surface area contributed by atoms with E-state index in [9.17, 15) is 13.6 Å². The number of amides is 1. The molecule has 0 heterocycles. The van der Waals surface area contributed by atoms with Crippen LogP contribution in [0.3, 0.4) is 0 Å². The van der Waals surface area contributed by atoms with Crippen LogP contribution in [-0.4, -0.2) is 18.5 Å². The van der Waals surface area contributed by atoms with Gasteiger partial charge < -0.3 is 11.1 Å². The Balaban J connectivity index is 3.00. The van der Waals surface area contributed by atoms with E-state index in [4.69, 9.17) is 5.73 Å². The summed E-state index contributed by atoms with van der Waals surface area (Å²) in [5.41, 5.74) is 4.69. The largest absolute Gasteiger partial charge is 0.348 e. The van der Waals surface area contributed by atoms with Crippen molar-refractivity contribution in [1.29, 1.82) is 0 Å². The quantitative estimate of drug-likeness (QED) is 0.893. The molecule has 1 amide bonds. The molecule has 0 aromatic heterocycles. The molecule has 0 aliphatic carbocycles. The highest BCUT2D eigenvalue weighted by Crippen LogP contribution is 2.19. The number of rotatable bonds is 3. The van der Waals surface area contributed by atoms with E-state index in [1.54, 1.807) is 6.92 Å². The van der Waals surface area contributed by atoms with Gasteiger partial charge in [-0.05, 0) is 19.1 Å². The second kappa shape index (κ2) is 5.36. The van der Waals surface area contributed by atoms with Crippen molar-refractivity contribution >= 4 is 21.8 Å². The third-order valence-corrected chi connectivity index (χ3v) is 2.42. The Morgan fingerprint density at radius 2 is 2.00 bits per heavy atom. The van der Waals surface area contributed by atoms with E-state index < -0.39 is 23.1 Å². The predicted octanol–water partition coefficient (Wildman–Crippen LogP) is 1.80. The number of nitrogens with one attached hydrogen (secondary N) is 1. The van der Waals surface area contributed by atoms with Gasteiger partial charge in [0.25, 0.3) is 5.91 Å². The molecule has 3 N–H and O–H groups in total. The number of carbonyl (C=O) groups excluding carboxylic acids is 1. The second-order valence-corrected chi connectivity index (χ2v) is 4.27. The van der Waals surface area contributed by atoms with Crippen molar-refractivity contribution in [2.45, 2.75) is 13.0 Å². The van der Waals surface area contributed by atoms with Crippen LogP contribution in [0.1, 0.15) is 17.3 Å². The molecule has 0 radical (unpaired) electrons. The summed E-state index contributed by atoms with van der Waals surface area (Å²) in [5.74, 6) is -2.62. The molecular weight excluding hydrogens is 282 g/mol. The monoisotopic (exact) mass is 292 g/mol. The summed E-state index contributed by atoms with van der Waals surface area (Å²) >= 11 is 2.93. The van der Waals surface area contributed by atoms with Gasteiger partial charge >= 0.3 is 0 Å². The van der Waals surface area contributed by atoms with Crippen molar-refractivity contribution in [3.05, 3.63) is 33.8 Å². The summed E-state index contributed by atoms with van der Waals surface area (Å²) in [6.45, 7) is 1.85. The van der Waals surface area contributed by atoms with Crippen molar-refractivity contribution in [3.8, 4) is 0 Å². The van der Waals surface area contributed by atoms with Gasteiger partial charge in [-0.2, -0.15) is 0 Å². The van der Waals surface area contributed by atoms with Gasteiger partial charge in [0.2, 0.25) is 0 Å². The molecule has 0 aliphatic heterocycles. The standard InChI is InChI=1S/C10H11BrF2N2O/c1-5(4-14)15-10(16)9-7(12)2-6(11)3-8(9)13/h2-3,5H,4,14H2,1H3,(H,15,16). The maximum atomic E-state index is 13.4. The number of benzene rings is 1. The Hall–Kier alpha value is -1.01. The summed E-state index contributed by atoms with van der Waals surface area (Å²) in [6, 6.07) is 1.73. The molecule has 88 valence electrons. The van der Waals surface area contributed by atoms with Crippen LogP contribution in [0.25, 0.3) is 0 Å². The van der Waals surface area contributed by atoms with E-state index in [1.165, 1.54) is 0 Å². The lowest BCUT2D eigenvalue weighted by atomic mass is 10.1. The van der Waals surface area contributed by atoms with Gasteiger partial charge in [-0.3, -0.25) is 4.79 Å². The normalized spacial score (nSPS) is 12.3. The maximum Gasteiger partial charge on any atom is 0.257 e. The molecule has 0 spiro atoms. The zero-order valence-electron chi connectivity index (χ0n) is 8.56. The summed E-state index contributed by atoms with van der Waals surface area (Å²) in [4.78, 5) is 11.5. The molecule has 0 saturated carbocycles. The van der Waals surface area contributed by atoms with Crippen molar-refractivity contribution in [1.82, 2.24) is 5.32 Å². The Kier molecular flexibility index (Phi) is 4.37. The molecule has 1 rings (SSSR count). The fourth-order valence-corrected chi connectivity index (χ4v) is 1.52. The highest BCUT2D eigenvalue weighted by molar-refractivity contribution is 9.10. The van der Waals surface area contributed by atoms with E-state index in [-0.39, 0.29) is 17.1 Å². The highest BCUT2D eigenvalue weighted by atomic mass is 79.9. The fraction of sp³-hybridized carbons (Fsp3) is 0.300. The average Bonchev–Trinajstić information content (AvgIpc) is 2.15. The summed E-state index contributed by atoms with van der Waals surface area (Å²) < 4.78 is 26.9. The predicted molar refractivity (Wildman–Crippen MR) is 60.0 cm³/mol. The SMILES string of the molecule is CC(CN)NC(=O)c1c(F)cc(Br)cc1F. The fourth-order valence-electron chi connectivity index (χ4n) is 1.11. The van der Waals surface area contributed by atoms with Gasteiger partial charge in [0.1, 0.15) is 17.2 Å². The molecule has 16 heavy (non-hydrogen) atoms. The lowest BCUT2D eigenvalue weighted by Crippen LogP contribution is -2.38. The van der Waals surface area contributed by atoms with Crippen LogP contribution in [0.15, 0.2) is 16.6 Å². The number of hydrogen-bond acceptors (Lipinski definition) is 2. The van der Waals surface area contributed by atoms with Crippen molar-refractivity contribution < 1.29 is 13.6 Å². The van der Waals surface area contributed by atoms with E-state index in [2.05, 4.69) is 21.2 Å². The Morgan fingerprint density at radius 3 is 2.44 bits per heavy atom. The molecule has 1 atom stereocenters. The zero-order chi connectivity index (χ0) is 12.3. The molecule has 0 bridgehead atoms. The first-order valence-electron chi connectivity index (χ1n) is 4.61. The number of nitrogens with two attached hydrogens (primary N) is 1. The van der Waals surface area contributed by atoms with Gasteiger partial charge in [0, 0.05) is 17.1 Å². The van der Waals surface area contributed by atoms with Gasteiger partial charge in [-0.15, -0.1) is 0 Å². The topological polar surface area (TPSA) is 55.1 Å². The van der Waals surface area contributed by atoms with Crippen molar-refractivity contribution in [2.24, 2.45) is 5.73 Å². The van der Waals surface area contributed by atoms with E-state index in [1.807, 2.05) is 0 Å². The lowest BCUT2D eigenvalue weighted by molar-refractivity contribution is 0.0932. The van der Waals surface area contributed by atoms with Crippen LogP contribution in [0, 0.1) is 11.6 Å². The van der Waals surface area contributed by atoms with Crippen LogP contribution in [0.4, 0.5) is 8.78 Å². The third-order valence-electron chi connectivity index (χ3n) is 1.96. The Bertz CT molecular complexity index is 389. The second-order valence-electron chi connectivity index (χ2n) is 3.35. The van der Waals surface area contributed by atoms with E-state index in [0.717, 1.165) is 12.1 Å². The number of carbonyl (C=O) groups is 1. The van der Waals surface area contributed by atoms with Crippen molar-refractivity contribution in [3.63, 3.8) is 0 Å². The minimum Gasteiger partial charge on any atom is -0.348 e. The number of hydrogen-bond donors (Lipinski definition) is 2. The summed E-state index contributed by atoms with van der Waals surface area (Å²) in [6.07, 6.45) is 0. The van der Waals surface area contributed by atoms with Crippen molar-refractivity contribution in [2.75, 3.05) is 6.54 Å². The van der Waals surface area contributed by atoms with Gasteiger partial charge in [0.15, 0.2) is 0 Å². The minimum atomic E-state index is -0.909. The first-order chi connectivity index (χ1) is 7.45. The molecule has 0 aliphatic rings. The van der Waals surface area contributed by atoms with Gasteiger partial charge in [-0.25, -0.2) is 8.78 Å². The van der Waals surface area contributed by atoms with Crippen LogP contribution < -0.4 is 11.1 Å². The molecule has 0 saturated heterocycles. The first-order valence-corrected chi connectivity index (χ1v) is 5.40. The summed E-state index contributed by atoms with van der Waals surface area (Å²) in [7, 11) is 0. The van der Waals surface area contributed by atoms with Gasteiger partial charge in [0.05, 0.1) is 0 Å². The van der Waals surface area contributed by atoms with Crippen LogP contribution in [-0.2, 0) is 0 Å². The molecule has 3 nitrogen and oxygen atoms in total. The minimum absolute atomic E-state index is 0.200.